The fourth-order valence-electron chi connectivity index (χ4n) is 3.25. The second kappa shape index (κ2) is 5.72. The van der Waals surface area contributed by atoms with Crippen LogP contribution in [0.4, 0.5) is 0 Å². The largest absolute Gasteiger partial charge is 0.265 e. The molecule has 4 heteroatoms. The van der Waals surface area contributed by atoms with Crippen LogP contribution >= 0.6 is 0 Å². The maximum atomic E-state index is 10.9. The molecule has 1 unspecified atom stereocenters. The zero-order valence-corrected chi connectivity index (χ0v) is 12.5. The Balaban J connectivity index is 1.82. The minimum Gasteiger partial charge on any atom is -0.265 e. The molecule has 1 atom stereocenters. The first-order chi connectivity index (χ1) is 11.4. The highest BCUT2D eigenvalue weighted by Gasteiger charge is 2.23. The van der Waals surface area contributed by atoms with Gasteiger partial charge in [-0.15, -0.1) is 0 Å². The molecule has 0 fully saturated rings. The van der Waals surface area contributed by atoms with Crippen LogP contribution in [-0.2, 0) is 6.42 Å². The van der Waals surface area contributed by atoms with Gasteiger partial charge in [-0.1, -0.05) is 23.4 Å². The molecule has 4 rings (SSSR count). The molecule has 0 bridgehead atoms. The molecule has 1 aliphatic carbocycles. The van der Waals surface area contributed by atoms with Crippen molar-refractivity contribution >= 4 is 0 Å². The van der Waals surface area contributed by atoms with Gasteiger partial charge >= 0.3 is 0 Å². The van der Waals surface area contributed by atoms with Gasteiger partial charge in [-0.3, -0.25) is 9.97 Å². The lowest BCUT2D eigenvalue weighted by Gasteiger charge is -2.10. The lowest BCUT2D eigenvalue weighted by Crippen LogP contribution is -1.92. The van der Waals surface area contributed by atoms with E-state index in [0.717, 1.165) is 40.8 Å². The van der Waals surface area contributed by atoms with E-state index in [4.69, 9.17) is 0 Å². The summed E-state index contributed by atoms with van der Waals surface area (Å²) in [5.41, 5.74) is 6.46. The number of rotatable bonds is 3. The van der Waals surface area contributed by atoms with Crippen LogP contribution in [0.1, 0.15) is 23.6 Å². The molecule has 0 aliphatic heterocycles. The van der Waals surface area contributed by atoms with Gasteiger partial charge in [-0.25, -0.2) is 0 Å². The van der Waals surface area contributed by atoms with Crippen LogP contribution < -0.4 is 0 Å². The Kier molecular flexibility index (Phi) is 3.42. The Labute approximate surface area is 134 Å². The quantitative estimate of drug-likeness (QED) is 0.666. The SMILES string of the molecule is O=NC1CCc2cc(-c3ncccc3-c3ccncc3)ccc21. The van der Waals surface area contributed by atoms with Crippen molar-refractivity contribution in [2.45, 2.75) is 18.9 Å². The monoisotopic (exact) mass is 301 g/mol. The van der Waals surface area contributed by atoms with E-state index < -0.39 is 0 Å². The minimum atomic E-state index is -0.192. The van der Waals surface area contributed by atoms with E-state index in [9.17, 15) is 4.91 Å². The summed E-state index contributed by atoms with van der Waals surface area (Å²) < 4.78 is 0. The van der Waals surface area contributed by atoms with Crippen LogP contribution in [0.25, 0.3) is 22.4 Å². The number of hydrogen-bond donors (Lipinski definition) is 0. The van der Waals surface area contributed by atoms with Crippen LogP contribution in [0.5, 0.6) is 0 Å². The minimum absolute atomic E-state index is 0.192. The van der Waals surface area contributed by atoms with Gasteiger partial charge in [0, 0.05) is 29.7 Å². The van der Waals surface area contributed by atoms with Crippen molar-refractivity contribution < 1.29 is 0 Å². The molecule has 4 nitrogen and oxygen atoms in total. The molecule has 1 aromatic carbocycles. The van der Waals surface area contributed by atoms with Gasteiger partial charge in [0.2, 0.25) is 0 Å². The third-order valence-electron chi connectivity index (χ3n) is 4.39. The number of hydrogen-bond acceptors (Lipinski definition) is 4. The second-order valence-electron chi connectivity index (χ2n) is 5.71. The molecule has 0 saturated heterocycles. The first-order valence-corrected chi connectivity index (χ1v) is 7.68. The van der Waals surface area contributed by atoms with E-state index in [0.29, 0.717) is 0 Å². The fraction of sp³-hybridized carbons (Fsp3) is 0.158. The first-order valence-electron chi connectivity index (χ1n) is 7.68. The molecule has 0 N–H and O–H groups in total. The zero-order valence-electron chi connectivity index (χ0n) is 12.5. The van der Waals surface area contributed by atoms with Gasteiger partial charge in [-0.05, 0) is 53.8 Å². The van der Waals surface area contributed by atoms with Crippen molar-refractivity contribution in [3.05, 3.63) is 77.1 Å². The Morgan fingerprint density at radius 1 is 1.00 bits per heavy atom. The van der Waals surface area contributed by atoms with Crippen LogP contribution in [0.15, 0.2) is 66.2 Å². The molecule has 0 saturated carbocycles. The van der Waals surface area contributed by atoms with Gasteiger partial charge in [0.1, 0.15) is 6.04 Å². The standard InChI is InChI=1S/C19H15N3O/c23-22-18-6-4-14-12-15(3-5-16(14)18)19-17(2-1-9-21-19)13-7-10-20-11-8-13/h1-3,5,7-12,18H,4,6H2. The van der Waals surface area contributed by atoms with E-state index in [1.807, 2.05) is 36.5 Å². The maximum absolute atomic E-state index is 10.9. The van der Waals surface area contributed by atoms with Crippen LogP contribution in [0.3, 0.4) is 0 Å². The summed E-state index contributed by atoms with van der Waals surface area (Å²) in [6, 6.07) is 14.0. The third-order valence-corrected chi connectivity index (χ3v) is 4.39. The predicted octanol–water partition coefficient (Wildman–Crippen LogP) is 4.56. The third kappa shape index (κ3) is 2.42. The van der Waals surface area contributed by atoms with E-state index in [2.05, 4.69) is 27.3 Å². The van der Waals surface area contributed by atoms with Crippen molar-refractivity contribution in [1.29, 1.82) is 0 Å². The summed E-state index contributed by atoms with van der Waals surface area (Å²) in [5.74, 6) is 0. The summed E-state index contributed by atoms with van der Waals surface area (Å²) in [4.78, 5) is 19.6. The number of aryl methyl sites for hydroxylation is 1. The van der Waals surface area contributed by atoms with E-state index in [-0.39, 0.29) is 6.04 Å². The number of fused-ring (bicyclic) bond motifs is 1. The van der Waals surface area contributed by atoms with Crippen LogP contribution in [0, 0.1) is 4.91 Å². The highest BCUT2D eigenvalue weighted by Crippen LogP contribution is 2.37. The van der Waals surface area contributed by atoms with Gasteiger partial charge in [0.15, 0.2) is 0 Å². The van der Waals surface area contributed by atoms with Gasteiger partial charge < -0.3 is 0 Å². The highest BCUT2D eigenvalue weighted by atomic mass is 16.3. The Hall–Kier alpha value is -2.88. The molecule has 23 heavy (non-hydrogen) atoms. The fourth-order valence-corrected chi connectivity index (χ4v) is 3.25. The molecular weight excluding hydrogens is 286 g/mol. The molecule has 0 amide bonds. The Morgan fingerprint density at radius 3 is 2.70 bits per heavy atom. The van der Waals surface area contributed by atoms with Crippen LogP contribution in [0.2, 0.25) is 0 Å². The average Bonchev–Trinajstić information content (AvgIpc) is 3.05. The second-order valence-corrected chi connectivity index (χ2v) is 5.71. The molecule has 2 aromatic heterocycles. The van der Waals surface area contributed by atoms with Crippen LogP contribution in [-0.4, -0.2) is 9.97 Å². The van der Waals surface area contributed by atoms with Gasteiger partial charge in [0.25, 0.3) is 0 Å². The van der Waals surface area contributed by atoms with Crippen molar-refractivity contribution in [3.63, 3.8) is 0 Å². The molecule has 0 spiro atoms. The Bertz CT molecular complexity index is 861. The number of pyridine rings is 2. The highest BCUT2D eigenvalue weighted by molar-refractivity contribution is 5.80. The molecule has 1 aliphatic rings. The summed E-state index contributed by atoms with van der Waals surface area (Å²) in [7, 11) is 0. The van der Waals surface area contributed by atoms with Crippen molar-refractivity contribution in [3.8, 4) is 22.4 Å². The molecule has 112 valence electrons. The summed E-state index contributed by atoms with van der Waals surface area (Å²) in [6.45, 7) is 0. The van der Waals surface area contributed by atoms with Gasteiger partial charge in [0.05, 0.1) is 5.69 Å². The van der Waals surface area contributed by atoms with E-state index >= 15 is 0 Å². The molecular formula is C19H15N3O. The van der Waals surface area contributed by atoms with E-state index in [1.165, 1.54) is 5.56 Å². The predicted molar refractivity (Wildman–Crippen MR) is 89.8 cm³/mol. The van der Waals surface area contributed by atoms with Crippen molar-refractivity contribution in [2.24, 2.45) is 5.18 Å². The molecule has 2 heterocycles. The lowest BCUT2D eigenvalue weighted by molar-refractivity contribution is 0.710. The summed E-state index contributed by atoms with van der Waals surface area (Å²) >= 11 is 0. The first kappa shape index (κ1) is 13.8. The number of nitroso groups, excluding NO2 is 1. The van der Waals surface area contributed by atoms with Gasteiger partial charge in [-0.2, -0.15) is 4.91 Å². The topological polar surface area (TPSA) is 55.2 Å². The lowest BCUT2D eigenvalue weighted by atomic mass is 9.97. The molecule has 0 radical (unpaired) electrons. The number of benzene rings is 1. The number of nitrogens with zero attached hydrogens (tertiary/aromatic N) is 3. The summed E-state index contributed by atoms with van der Waals surface area (Å²) in [5, 5.41) is 3.22. The zero-order chi connectivity index (χ0) is 15.6. The summed E-state index contributed by atoms with van der Waals surface area (Å²) in [6.07, 6.45) is 7.09. The van der Waals surface area contributed by atoms with E-state index in [1.54, 1.807) is 12.4 Å². The average molecular weight is 301 g/mol. The Morgan fingerprint density at radius 2 is 1.87 bits per heavy atom. The normalized spacial score (nSPS) is 16.1. The van der Waals surface area contributed by atoms with Crippen molar-refractivity contribution in [1.82, 2.24) is 9.97 Å². The maximum Gasteiger partial charge on any atom is 0.117 e. The smallest absolute Gasteiger partial charge is 0.117 e. The molecule has 3 aromatic rings. The number of aromatic nitrogens is 2. The van der Waals surface area contributed by atoms with Crippen molar-refractivity contribution in [2.75, 3.05) is 0 Å².